The van der Waals surface area contributed by atoms with E-state index in [1.807, 2.05) is 0 Å². The van der Waals surface area contributed by atoms with Gasteiger partial charge >= 0.3 is 12.4 Å². The molecule has 0 unspecified atom stereocenters. The lowest BCUT2D eigenvalue weighted by atomic mass is 10.0. The molecule has 1 fully saturated rings. The molecule has 0 heterocycles. The predicted octanol–water partition coefficient (Wildman–Crippen LogP) is 5.39. The van der Waals surface area contributed by atoms with E-state index >= 15 is 0 Å². The number of halogens is 8. The fourth-order valence-electron chi connectivity index (χ4n) is 1.76. The predicted molar refractivity (Wildman–Crippen MR) is 58.2 cm³/mol. The highest BCUT2D eigenvalue weighted by atomic mass is 35.5. The van der Waals surface area contributed by atoms with Gasteiger partial charge in [-0.05, 0) is 30.2 Å². The van der Waals surface area contributed by atoms with Crippen LogP contribution >= 0.6 is 23.2 Å². The number of hydrogen-bond donors (Lipinski definition) is 0. The van der Waals surface area contributed by atoms with Crippen molar-refractivity contribution < 1.29 is 26.3 Å². The summed E-state index contributed by atoms with van der Waals surface area (Å²) in [5.74, 6) is -0.709. The topological polar surface area (TPSA) is 0 Å². The van der Waals surface area contributed by atoms with Crippen LogP contribution < -0.4 is 0 Å². The summed E-state index contributed by atoms with van der Waals surface area (Å²) in [5.41, 5.74) is -2.85. The van der Waals surface area contributed by atoms with Crippen molar-refractivity contribution in [3.63, 3.8) is 0 Å². The van der Waals surface area contributed by atoms with Crippen molar-refractivity contribution in [3.8, 4) is 0 Å². The second-order valence-corrected chi connectivity index (χ2v) is 5.90. The average molecular weight is 323 g/mol. The first-order chi connectivity index (χ1) is 8.41. The summed E-state index contributed by atoms with van der Waals surface area (Å²) in [4.78, 5) is 0. The molecule has 0 N–H and O–H groups in total. The zero-order valence-corrected chi connectivity index (χ0v) is 10.6. The number of benzene rings is 1. The van der Waals surface area contributed by atoms with E-state index in [1.54, 1.807) is 0 Å². The molecule has 106 valence electrons. The van der Waals surface area contributed by atoms with E-state index in [9.17, 15) is 26.3 Å². The zero-order chi connectivity index (χ0) is 14.6. The standard InChI is InChI=1S/C11H6Cl2F6/c12-9(13)4-8(9)5-1-6(10(14,15)16)3-7(2-5)11(17,18)19/h1-3,8H,4H2/t8-/m0/s1. The summed E-state index contributed by atoms with van der Waals surface area (Å²) in [6.07, 6.45) is -9.58. The third-order valence-corrected chi connectivity index (χ3v) is 3.67. The fourth-order valence-corrected chi connectivity index (χ4v) is 2.32. The van der Waals surface area contributed by atoms with Crippen LogP contribution in [0.2, 0.25) is 0 Å². The van der Waals surface area contributed by atoms with Crippen LogP contribution in [0.4, 0.5) is 26.3 Å². The Kier molecular flexibility index (Phi) is 3.26. The maximum Gasteiger partial charge on any atom is 0.416 e. The van der Waals surface area contributed by atoms with Crippen LogP contribution in [-0.2, 0) is 12.4 Å². The van der Waals surface area contributed by atoms with Gasteiger partial charge in [0, 0.05) is 5.92 Å². The summed E-state index contributed by atoms with van der Waals surface area (Å²) in [6.45, 7) is 0. The molecular formula is C11H6Cl2F6. The van der Waals surface area contributed by atoms with Gasteiger partial charge in [-0.2, -0.15) is 26.3 Å². The van der Waals surface area contributed by atoms with Crippen molar-refractivity contribution in [1.82, 2.24) is 0 Å². The largest absolute Gasteiger partial charge is 0.416 e. The molecule has 0 amide bonds. The molecule has 1 aromatic rings. The van der Waals surface area contributed by atoms with E-state index in [0.717, 1.165) is 0 Å². The van der Waals surface area contributed by atoms with Crippen LogP contribution in [-0.4, -0.2) is 4.33 Å². The van der Waals surface area contributed by atoms with Crippen LogP contribution in [0.25, 0.3) is 0 Å². The Hall–Kier alpha value is -0.620. The highest BCUT2D eigenvalue weighted by Crippen LogP contribution is 2.60. The minimum Gasteiger partial charge on any atom is -0.166 e. The number of alkyl halides is 8. The molecule has 0 saturated heterocycles. The van der Waals surface area contributed by atoms with Gasteiger partial charge in [0.25, 0.3) is 0 Å². The van der Waals surface area contributed by atoms with Crippen LogP contribution in [0.3, 0.4) is 0 Å². The number of rotatable bonds is 1. The van der Waals surface area contributed by atoms with Crippen molar-refractivity contribution in [1.29, 1.82) is 0 Å². The molecule has 1 aliphatic rings. The third kappa shape index (κ3) is 3.11. The van der Waals surface area contributed by atoms with Crippen molar-refractivity contribution in [2.24, 2.45) is 0 Å². The summed E-state index contributed by atoms with van der Waals surface area (Å²) in [7, 11) is 0. The van der Waals surface area contributed by atoms with E-state index in [2.05, 4.69) is 0 Å². The first-order valence-electron chi connectivity index (χ1n) is 5.08. The molecule has 19 heavy (non-hydrogen) atoms. The van der Waals surface area contributed by atoms with Gasteiger partial charge in [-0.3, -0.25) is 0 Å². The van der Waals surface area contributed by atoms with Crippen LogP contribution in [0.15, 0.2) is 18.2 Å². The molecule has 0 aliphatic heterocycles. The average Bonchev–Trinajstić information content (AvgIpc) is 2.84. The van der Waals surface area contributed by atoms with Crippen molar-refractivity contribution in [3.05, 3.63) is 34.9 Å². The van der Waals surface area contributed by atoms with E-state index in [4.69, 9.17) is 23.2 Å². The number of hydrogen-bond acceptors (Lipinski definition) is 0. The minimum atomic E-state index is -4.85. The highest BCUT2D eigenvalue weighted by Gasteiger charge is 2.53. The van der Waals surface area contributed by atoms with Gasteiger partial charge in [0.2, 0.25) is 0 Å². The molecule has 0 spiro atoms. The smallest absolute Gasteiger partial charge is 0.166 e. The van der Waals surface area contributed by atoms with Gasteiger partial charge in [0.1, 0.15) is 4.33 Å². The van der Waals surface area contributed by atoms with Crippen LogP contribution in [0, 0.1) is 0 Å². The Morgan fingerprint density at radius 2 is 1.26 bits per heavy atom. The molecule has 0 nitrogen and oxygen atoms in total. The van der Waals surface area contributed by atoms with Gasteiger partial charge in [-0.1, -0.05) is 0 Å². The Morgan fingerprint density at radius 1 is 0.895 bits per heavy atom. The lowest BCUT2D eigenvalue weighted by molar-refractivity contribution is -0.143. The Bertz CT molecular complexity index is 471. The summed E-state index contributed by atoms with van der Waals surface area (Å²) in [5, 5.41) is 0. The molecule has 0 radical (unpaired) electrons. The monoisotopic (exact) mass is 322 g/mol. The minimum absolute atomic E-state index is 0.0794. The van der Waals surface area contributed by atoms with Gasteiger partial charge < -0.3 is 0 Å². The van der Waals surface area contributed by atoms with Gasteiger partial charge in [0.15, 0.2) is 0 Å². The normalized spacial score (nSPS) is 22.4. The molecule has 8 heteroatoms. The molecular weight excluding hydrogens is 317 g/mol. The Morgan fingerprint density at radius 3 is 1.53 bits per heavy atom. The Labute approximate surface area is 114 Å². The van der Waals surface area contributed by atoms with Crippen molar-refractivity contribution in [2.45, 2.75) is 29.0 Å². The zero-order valence-electron chi connectivity index (χ0n) is 9.04. The molecule has 0 aromatic heterocycles. The highest BCUT2D eigenvalue weighted by molar-refractivity contribution is 6.51. The summed E-state index contributed by atoms with van der Waals surface area (Å²) < 4.78 is 74.2. The lowest BCUT2D eigenvalue weighted by Crippen LogP contribution is -2.12. The molecule has 1 atom stereocenters. The van der Waals surface area contributed by atoms with Crippen LogP contribution in [0.1, 0.15) is 29.0 Å². The Balaban J connectivity index is 2.51. The van der Waals surface area contributed by atoms with E-state index in [1.165, 1.54) is 0 Å². The third-order valence-electron chi connectivity index (χ3n) is 2.84. The molecule has 1 saturated carbocycles. The van der Waals surface area contributed by atoms with Gasteiger partial charge in [-0.15, -0.1) is 23.2 Å². The van der Waals surface area contributed by atoms with E-state index in [-0.39, 0.29) is 18.1 Å². The van der Waals surface area contributed by atoms with Crippen molar-refractivity contribution >= 4 is 23.2 Å². The first-order valence-corrected chi connectivity index (χ1v) is 5.84. The molecule has 1 aromatic carbocycles. The molecule has 2 rings (SSSR count). The summed E-state index contributed by atoms with van der Waals surface area (Å²) >= 11 is 11.4. The first kappa shape index (κ1) is 14.8. The maximum absolute atomic E-state index is 12.6. The molecule has 1 aliphatic carbocycles. The van der Waals surface area contributed by atoms with E-state index in [0.29, 0.717) is 12.1 Å². The fraction of sp³-hybridized carbons (Fsp3) is 0.455. The van der Waals surface area contributed by atoms with E-state index < -0.39 is 33.7 Å². The lowest BCUT2D eigenvalue weighted by Gasteiger charge is -2.14. The maximum atomic E-state index is 12.6. The second-order valence-electron chi connectivity index (χ2n) is 4.36. The quantitative estimate of drug-likeness (QED) is 0.480. The van der Waals surface area contributed by atoms with Gasteiger partial charge in [-0.25, -0.2) is 0 Å². The molecule has 0 bridgehead atoms. The van der Waals surface area contributed by atoms with Crippen LogP contribution in [0.5, 0.6) is 0 Å². The van der Waals surface area contributed by atoms with Crippen molar-refractivity contribution in [2.75, 3.05) is 0 Å². The van der Waals surface area contributed by atoms with Gasteiger partial charge in [0.05, 0.1) is 11.1 Å². The SMILES string of the molecule is FC(F)(F)c1cc([C@@H]2CC2(Cl)Cl)cc(C(F)(F)F)c1. The second kappa shape index (κ2) is 4.19. The summed E-state index contributed by atoms with van der Waals surface area (Å²) in [6, 6.07) is 1.40.